The van der Waals surface area contributed by atoms with Crippen LogP contribution in [0.3, 0.4) is 0 Å². The second-order valence-electron chi connectivity index (χ2n) is 10.9. The molecule has 0 bridgehead atoms. The number of nitrogens with zero attached hydrogens (tertiary/aromatic N) is 1. The predicted octanol–water partition coefficient (Wildman–Crippen LogP) is 4.20. The summed E-state index contributed by atoms with van der Waals surface area (Å²) in [7, 11) is 0. The molecule has 190 valence electrons. The molecule has 6 heteroatoms. The molecule has 2 amide bonds. The summed E-state index contributed by atoms with van der Waals surface area (Å²) >= 11 is 0. The van der Waals surface area contributed by atoms with Gasteiger partial charge in [-0.15, -0.1) is 0 Å². The van der Waals surface area contributed by atoms with Gasteiger partial charge >= 0.3 is 0 Å². The number of carbonyl (C=O) groups is 2. The monoisotopic (exact) mass is 471 g/mol. The van der Waals surface area contributed by atoms with E-state index in [0.717, 1.165) is 58.2 Å². The number of piperidine rings is 1. The van der Waals surface area contributed by atoms with Crippen LogP contribution < -0.4 is 10.6 Å². The van der Waals surface area contributed by atoms with Crippen molar-refractivity contribution in [1.82, 2.24) is 15.5 Å². The lowest BCUT2D eigenvalue weighted by atomic mass is 9.73. The largest absolute Gasteiger partial charge is 0.379 e. The van der Waals surface area contributed by atoms with E-state index in [-0.39, 0.29) is 17.9 Å². The normalized spacial score (nSPS) is 25.6. The zero-order chi connectivity index (χ0) is 24.6. The molecule has 6 nitrogen and oxygen atoms in total. The Hall–Kier alpha value is -1.92. The van der Waals surface area contributed by atoms with Crippen LogP contribution in [-0.4, -0.2) is 55.1 Å². The minimum absolute atomic E-state index is 0.0688. The first-order valence-electron chi connectivity index (χ1n) is 13.2. The second kappa shape index (κ2) is 12.7. The maximum absolute atomic E-state index is 13.8. The lowest BCUT2D eigenvalue weighted by Gasteiger charge is -2.42. The minimum Gasteiger partial charge on any atom is -0.379 e. The molecule has 1 aromatic carbocycles. The third-order valence-corrected chi connectivity index (χ3v) is 7.48. The van der Waals surface area contributed by atoms with Gasteiger partial charge in [0.05, 0.1) is 12.0 Å². The molecule has 2 aliphatic rings. The third kappa shape index (κ3) is 7.54. The molecular formula is C28H45N3O3. The molecule has 2 atom stereocenters. The molecule has 2 heterocycles. The van der Waals surface area contributed by atoms with E-state index in [9.17, 15) is 9.59 Å². The number of hydrogen-bond donors (Lipinski definition) is 2. The standard InChI is InChI=1S/C28H45N3O3/c1-21(2)18-25-26(32)29-23(4)20-34-17-9-5-8-12-28(27(33)30-25)13-15-31(16-14-28)19-24-11-7-6-10-22(24)3/h6-7,10-11,21,23,25H,5,8-9,12-20H2,1-4H3,(H,29,32)(H,30,33)/t23-,25+/m1/s1. The highest BCUT2D eigenvalue weighted by Gasteiger charge is 2.42. The molecule has 2 N–H and O–H groups in total. The summed E-state index contributed by atoms with van der Waals surface area (Å²) in [5.74, 6) is 0.292. The molecule has 2 saturated heterocycles. The second-order valence-corrected chi connectivity index (χ2v) is 10.9. The summed E-state index contributed by atoms with van der Waals surface area (Å²) < 4.78 is 5.79. The summed E-state index contributed by atoms with van der Waals surface area (Å²) in [4.78, 5) is 29.3. The number of likely N-dealkylation sites (tertiary alicyclic amines) is 1. The van der Waals surface area contributed by atoms with Gasteiger partial charge in [-0.05, 0) is 76.1 Å². The van der Waals surface area contributed by atoms with Crippen LogP contribution in [0.4, 0.5) is 0 Å². The maximum Gasteiger partial charge on any atom is 0.242 e. The summed E-state index contributed by atoms with van der Waals surface area (Å²) in [6, 6.07) is 7.98. The first-order chi connectivity index (χ1) is 16.3. The van der Waals surface area contributed by atoms with Gasteiger partial charge in [-0.1, -0.05) is 51.0 Å². The van der Waals surface area contributed by atoms with Gasteiger partial charge in [-0.2, -0.15) is 0 Å². The van der Waals surface area contributed by atoms with Crippen LogP contribution in [0.25, 0.3) is 0 Å². The number of benzene rings is 1. The van der Waals surface area contributed by atoms with Gasteiger partial charge in [0, 0.05) is 19.2 Å². The Labute approximate surface area is 206 Å². The Morgan fingerprint density at radius 2 is 1.79 bits per heavy atom. The van der Waals surface area contributed by atoms with E-state index in [1.807, 2.05) is 6.92 Å². The van der Waals surface area contributed by atoms with E-state index in [1.165, 1.54) is 11.1 Å². The van der Waals surface area contributed by atoms with Crippen molar-refractivity contribution in [3.8, 4) is 0 Å². The van der Waals surface area contributed by atoms with Gasteiger partial charge in [0.1, 0.15) is 6.04 Å². The van der Waals surface area contributed by atoms with Crippen molar-refractivity contribution in [3.63, 3.8) is 0 Å². The van der Waals surface area contributed by atoms with Crippen LogP contribution in [0.1, 0.15) is 76.8 Å². The Kier molecular flexibility index (Phi) is 9.96. The van der Waals surface area contributed by atoms with Crippen molar-refractivity contribution in [3.05, 3.63) is 35.4 Å². The zero-order valence-electron chi connectivity index (χ0n) is 21.7. The number of hydrogen-bond acceptors (Lipinski definition) is 4. The van der Waals surface area contributed by atoms with Crippen LogP contribution in [0.15, 0.2) is 24.3 Å². The molecule has 3 rings (SSSR count). The van der Waals surface area contributed by atoms with E-state index >= 15 is 0 Å². The molecule has 1 spiro atoms. The van der Waals surface area contributed by atoms with Crippen molar-refractivity contribution in [2.45, 2.75) is 91.3 Å². The van der Waals surface area contributed by atoms with Gasteiger partial charge in [0.25, 0.3) is 0 Å². The van der Waals surface area contributed by atoms with E-state index in [4.69, 9.17) is 4.74 Å². The first-order valence-corrected chi connectivity index (χ1v) is 13.2. The number of nitrogens with one attached hydrogen (secondary N) is 2. The fraction of sp³-hybridized carbons (Fsp3) is 0.714. The first kappa shape index (κ1) is 26.7. The van der Waals surface area contributed by atoms with Crippen LogP contribution >= 0.6 is 0 Å². The summed E-state index contributed by atoms with van der Waals surface area (Å²) in [6.07, 6.45) is 6.28. The smallest absolute Gasteiger partial charge is 0.242 e. The fourth-order valence-corrected chi connectivity index (χ4v) is 5.26. The predicted molar refractivity (Wildman–Crippen MR) is 136 cm³/mol. The maximum atomic E-state index is 13.8. The fourth-order valence-electron chi connectivity index (χ4n) is 5.26. The number of amides is 2. The van der Waals surface area contributed by atoms with Crippen LogP contribution in [0.5, 0.6) is 0 Å². The highest BCUT2D eigenvalue weighted by Crippen LogP contribution is 2.38. The molecule has 0 radical (unpaired) electrons. The van der Waals surface area contributed by atoms with Crippen molar-refractivity contribution in [2.24, 2.45) is 11.3 Å². The average Bonchev–Trinajstić information content (AvgIpc) is 2.79. The SMILES string of the molecule is Cc1ccccc1CN1CCC2(CCCCCOC[C@@H](C)NC(=O)[C@H](CC(C)C)NC2=O)CC1. The van der Waals surface area contributed by atoms with E-state index in [2.05, 4.69) is 60.6 Å². The molecule has 1 aromatic rings. The van der Waals surface area contributed by atoms with Gasteiger partial charge < -0.3 is 15.4 Å². The number of carbonyl (C=O) groups excluding carboxylic acids is 2. The van der Waals surface area contributed by atoms with Crippen LogP contribution in [-0.2, 0) is 20.9 Å². The molecule has 0 unspecified atom stereocenters. The van der Waals surface area contributed by atoms with E-state index in [0.29, 0.717) is 25.6 Å². The molecule has 0 aliphatic carbocycles. The van der Waals surface area contributed by atoms with Gasteiger partial charge in [0.2, 0.25) is 11.8 Å². The van der Waals surface area contributed by atoms with Crippen molar-refractivity contribution in [2.75, 3.05) is 26.3 Å². The average molecular weight is 472 g/mol. The summed E-state index contributed by atoms with van der Waals surface area (Å²) in [5, 5.41) is 6.25. The highest BCUT2D eigenvalue weighted by atomic mass is 16.5. The van der Waals surface area contributed by atoms with Crippen LogP contribution in [0, 0.1) is 18.3 Å². The van der Waals surface area contributed by atoms with Gasteiger partial charge in [0.15, 0.2) is 0 Å². The zero-order valence-corrected chi connectivity index (χ0v) is 21.7. The van der Waals surface area contributed by atoms with E-state index < -0.39 is 11.5 Å². The summed E-state index contributed by atoms with van der Waals surface area (Å²) in [5.41, 5.74) is 2.28. The van der Waals surface area contributed by atoms with Crippen molar-refractivity contribution in [1.29, 1.82) is 0 Å². The topological polar surface area (TPSA) is 70.7 Å². The Bertz CT molecular complexity index is 802. The molecule has 34 heavy (non-hydrogen) atoms. The molecule has 0 aromatic heterocycles. The number of ether oxygens (including phenoxy) is 1. The number of aryl methyl sites for hydroxylation is 1. The van der Waals surface area contributed by atoms with Crippen molar-refractivity contribution < 1.29 is 14.3 Å². The Balaban J connectivity index is 1.72. The summed E-state index contributed by atoms with van der Waals surface area (Å²) in [6.45, 7) is 12.3. The lowest BCUT2D eigenvalue weighted by molar-refractivity contribution is -0.139. The quantitative estimate of drug-likeness (QED) is 0.690. The minimum atomic E-state index is -0.500. The Morgan fingerprint density at radius 3 is 2.50 bits per heavy atom. The molecule has 2 fully saturated rings. The van der Waals surface area contributed by atoms with Crippen molar-refractivity contribution >= 4 is 11.8 Å². The Morgan fingerprint density at radius 1 is 1.06 bits per heavy atom. The molecule has 0 saturated carbocycles. The highest BCUT2D eigenvalue weighted by molar-refractivity contribution is 5.90. The van der Waals surface area contributed by atoms with Gasteiger partial charge in [-0.25, -0.2) is 0 Å². The number of rotatable bonds is 4. The lowest BCUT2D eigenvalue weighted by Crippen LogP contribution is -2.56. The third-order valence-electron chi connectivity index (χ3n) is 7.48. The van der Waals surface area contributed by atoms with E-state index in [1.54, 1.807) is 0 Å². The molecule has 2 aliphatic heterocycles. The van der Waals surface area contributed by atoms with Gasteiger partial charge in [-0.3, -0.25) is 14.5 Å². The van der Waals surface area contributed by atoms with Crippen LogP contribution in [0.2, 0.25) is 0 Å². The molecular weight excluding hydrogens is 426 g/mol.